The van der Waals surface area contributed by atoms with Gasteiger partial charge in [0.15, 0.2) is 28.7 Å². The summed E-state index contributed by atoms with van der Waals surface area (Å²) in [6, 6.07) is 7.63. The molecule has 1 unspecified atom stereocenters. The Labute approximate surface area is 126 Å². The number of anilines is 1. The Morgan fingerprint density at radius 1 is 1.23 bits per heavy atom. The van der Waals surface area contributed by atoms with Gasteiger partial charge >= 0.3 is 0 Å². The van der Waals surface area contributed by atoms with Crippen LogP contribution in [0, 0.1) is 6.92 Å². The molecule has 0 spiro atoms. The van der Waals surface area contributed by atoms with E-state index in [4.69, 9.17) is 13.9 Å². The molecular formula is C15H14N4O3. The molecule has 0 saturated carbocycles. The average molecular weight is 298 g/mol. The second kappa shape index (κ2) is 5.18. The van der Waals surface area contributed by atoms with Gasteiger partial charge in [-0.3, -0.25) is 0 Å². The highest BCUT2D eigenvalue weighted by atomic mass is 16.6. The molecule has 1 aromatic carbocycles. The lowest BCUT2D eigenvalue weighted by Gasteiger charge is -2.26. The summed E-state index contributed by atoms with van der Waals surface area (Å²) < 4.78 is 17.0. The van der Waals surface area contributed by atoms with Crippen LogP contribution < -0.4 is 14.8 Å². The third-order valence-corrected chi connectivity index (χ3v) is 3.37. The highest BCUT2D eigenvalue weighted by molar-refractivity contribution is 5.80. The first-order valence-corrected chi connectivity index (χ1v) is 7.00. The molecule has 0 aliphatic carbocycles. The fourth-order valence-corrected chi connectivity index (χ4v) is 2.36. The predicted molar refractivity (Wildman–Crippen MR) is 79.2 cm³/mol. The zero-order valence-corrected chi connectivity index (χ0v) is 11.9. The van der Waals surface area contributed by atoms with Crippen LogP contribution in [0.3, 0.4) is 0 Å². The van der Waals surface area contributed by atoms with Crippen LogP contribution in [-0.4, -0.2) is 34.2 Å². The molecule has 0 amide bonds. The number of para-hydroxylation sites is 2. The summed E-state index contributed by atoms with van der Waals surface area (Å²) >= 11 is 0. The molecule has 112 valence electrons. The molecule has 7 heteroatoms. The summed E-state index contributed by atoms with van der Waals surface area (Å²) in [7, 11) is 0. The van der Waals surface area contributed by atoms with Gasteiger partial charge in [0.2, 0.25) is 0 Å². The van der Waals surface area contributed by atoms with Crippen LogP contribution >= 0.6 is 0 Å². The van der Waals surface area contributed by atoms with E-state index in [0.717, 1.165) is 11.5 Å². The van der Waals surface area contributed by atoms with Gasteiger partial charge in [0.25, 0.3) is 5.71 Å². The number of oxazole rings is 1. The van der Waals surface area contributed by atoms with Crippen molar-refractivity contribution >= 4 is 17.0 Å². The lowest BCUT2D eigenvalue weighted by Crippen LogP contribution is -2.35. The van der Waals surface area contributed by atoms with Crippen molar-refractivity contribution in [3.05, 3.63) is 36.5 Å². The quantitative estimate of drug-likeness (QED) is 0.793. The third kappa shape index (κ3) is 2.30. The Kier molecular flexibility index (Phi) is 3.03. The van der Waals surface area contributed by atoms with Gasteiger partial charge in [-0.1, -0.05) is 12.1 Å². The Morgan fingerprint density at radius 2 is 2.09 bits per heavy atom. The monoisotopic (exact) mass is 298 g/mol. The van der Waals surface area contributed by atoms with Gasteiger partial charge < -0.3 is 19.2 Å². The molecule has 1 aliphatic heterocycles. The molecule has 0 radical (unpaired) electrons. The van der Waals surface area contributed by atoms with Gasteiger partial charge in [-0.15, -0.1) is 0 Å². The first-order chi connectivity index (χ1) is 10.8. The van der Waals surface area contributed by atoms with Gasteiger partial charge in [-0.05, 0) is 12.1 Å². The number of nitrogens with zero attached hydrogens (tertiary/aromatic N) is 3. The zero-order chi connectivity index (χ0) is 14.9. The molecule has 1 N–H and O–H groups in total. The topological polar surface area (TPSA) is 82.3 Å². The number of hydrogen-bond acceptors (Lipinski definition) is 7. The molecule has 2 aromatic heterocycles. The summed E-state index contributed by atoms with van der Waals surface area (Å²) in [4.78, 5) is 12.5. The number of aryl methyl sites for hydroxylation is 1. The predicted octanol–water partition coefficient (Wildman–Crippen LogP) is 2.18. The maximum Gasteiger partial charge on any atom is 0.252 e. The van der Waals surface area contributed by atoms with E-state index in [1.54, 1.807) is 6.92 Å². The van der Waals surface area contributed by atoms with E-state index in [1.165, 1.54) is 6.33 Å². The van der Waals surface area contributed by atoms with Crippen molar-refractivity contribution in [3.8, 4) is 11.5 Å². The van der Waals surface area contributed by atoms with Crippen LogP contribution in [0.2, 0.25) is 0 Å². The molecule has 3 aromatic rings. The second-order valence-corrected chi connectivity index (χ2v) is 4.99. The standard InChI is InChI=1S/C15H14N4O3/c1-9-19-13-14(17-8-18-15(13)21-9)16-6-10-7-20-11-4-2-3-5-12(11)22-10/h2-5,8,10H,6-7H2,1H3,(H,16,17,18). The Bertz CT molecular complexity index is 817. The summed E-state index contributed by atoms with van der Waals surface area (Å²) in [5, 5.41) is 3.22. The first kappa shape index (κ1) is 12.9. The van der Waals surface area contributed by atoms with Gasteiger partial charge in [0, 0.05) is 6.92 Å². The Hall–Kier alpha value is -2.83. The number of rotatable bonds is 3. The van der Waals surface area contributed by atoms with Gasteiger partial charge in [0.1, 0.15) is 19.0 Å². The Balaban J connectivity index is 1.49. The normalized spacial score (nSPS) is 16.7. The van der Waals surface area contributed by atoms with Crippen molar-refractivity contribution in [2.45, 2.75) is 13.0 Å². The molecule has 0 fully saturated rings. The molecule has 0 bridgehead atoms. The fourth-order valence-electron chi connectivity index (χ4n) is 2.36. The minimum atomic E-state index is -0.104. The smallest absolute Gasteiger partial charge is 0.252 e. The van der Waals surface area contributed by atoms with Crippen molar-refractivity contribution in [2.75, 3.05) is 18.5 Å². The number of fused-ring (bicyclic) bond motifs is 2. The summed E-state index contributed by atoms with van der Waals surface area (Å²) in [5.41, 5.74) is 1.10. The molecule has 4 rings (SSSR count). The van der Waals surface area contributed by atoms with Crippen LogP contribution in [0.5, 0.6) is 11.5 Å². The number of benzene rings is 1. The maximum atomic E-state index is 5.90. The molecule has 1 aliphatic rings. The molecule has 22 heavy (non-hydrogen) atoms. The van der Waals surface area contributed by atoms with Crippen molar-refractivity contribution in [3.63, 3.8) is 0 Å². The molecule has 7 nitrogen and oxygen atoms in total. The summed E-state index contributed by atoms with van der Waals surface area (Å²) in [6.45, 7) is 2.81. The average Bonchev–Trinajstić information content (AvgIpc) is 2.93. The van der Waals surface area contributed by atoms with Crippen LogP contribution in [0.15, 0.2) is 35.0 Å². The van der Waals surface area contributed by atoms with E-state index in [0.29, 0.717) is 36.1 Å². The van der Waals surface area contributed by atoms with Crippen LogP contribution in [0.25, 0.3) is 11.2 Å². The van der Waals surface area contributed by atoms with E-state index in [1.807, 2.05) is 24.3 Å². The fraction of sp³-hybridized carbons (Fsp3) is 0.267. The second-order valence-electron chi connectivity index (χ2n) is 4.99. The number of aromatic nitrogens is 3. The minimum Gasteiger partial charge on any atom is -0.486 e. The molecule has 0 saturated heterocycles. The van der Waals surface area contributed by atoms with Crippen molar-refractivity contribution in [1.29, 1.82) is 0 Å². The van der Waals surface area contributed by atoms with Crippen LogP contribution in [0.4, 0.5) is 5.82 Å². The number of nitrogens with one attached hydrogen (secondary N) is 1. The van der Waals surface area contributed by atoms with Crippen molar-refractivity contribution < 1.29 is 13.9 Å². The van der Waals surface area contributed by atoms with E-state index >= 15 is 0 Å². The SMILES string of the molecule is Cc1nc2c(NCC3COc4ccccc4O3)ncnc2o1. The highest BCUT2D eigenvalue weighted by Gasteiger charge is 2.21. The van der Waals surface area contributed by atoms with Crippen LogP contribution in [0.1, 0.15) is 5.89 Å². The van der Waals surface area contributed by atoms with E-state index in [2.05, 4.69) is 20.3 Å². The third-order valence-electron chi connectivity index (χ3n) is 3.37. The lowest BCUT2D eigenvalue weighted by atomic mass is 10.2. The molecular weight excluding hydrogens is 284 g/mol. The zero-order valence-electron chi connectivity index (χ0n) is 11.9. The summed E-state index contributed by atoms with van der Waals surface area (Å²) in [5.74, 6) is 2.72. The van der Waals surface area contributed by atoms with Crippen molar-refractivity contribution in [2.24, 2.45) is 0 Å². The van der Waals surface area contributed by atoms with E-state index in [9.17, 15) is 0 Å². The summed E-state index contributed by atoms with van der Waals surface area (Å²) in [6.07, 6.45) is 1.34. The first-order valence-electron chi connectivity index (χ1n) is 7.00. The number of hydrogen-bond donors (Lipinski definition) is 1. The number of ether oxygens (including phenoxy) is 2. The Morgan fingerprint density at radius 3 is 3.00 bits per heavy atom. The van der Waals surface area contributed by atoms with Crippen molar-refractivity contribution in [1.82, 2.24) is 15.0 Å². The van der Waals surface area contributed by atoms with Gasteiger partial charge in [-0.2, -0.15) is 4.98 Å². The van der Waals surface area contributed by atoms with Gasteiger partial charge in [-0.25, -0.2) is 9.97 Å². The maximum absolute atomic E-state index is 5.90. The van der Waals surface area contributed by atoms with E-state index in [-0.39, 0.29) is 6.10 Å². The molecule has 3 heterocycles. The largest absolute Gasteiger partial charge is 0.486 e. The highest BCUT2D eigenvalue weighted by Crippen LogP contribution is 2.31. The lowest BCUT2D eigenvalue weighted by molar-refractivity contribution is 0.0997. The van der Waals surface area contributed by atoms with Gasteiger partial charge in [0.05, 0.1) is 6.54 Å². The van der Waals surface area contributed by atoms with E-state index < -0.39 is 0 Å². The van der Waals surface area contributed by atoms with Crippen LogP contribution in [-0.2, 0) is 0 Å². The molecule has 1 atom stereocenters. The minimum absolute atomic E-state index is 0.104.